The summed E-state index contributed by atoms with van der Waals surface area (Å²) in [6.45, 7) is 1.83. The van der Waals surface area contributed by atoms with Crippen LogP contribution in [0, 0.1) is 12.7 Å². The molecule has 0 fully saturated rings. The number of nitrogens with zero attached hydrogens (tertiary/aromatic N) is 2. The summed E-state index contributed by atoms with van der Waals surface area (Å²) in [6.07, 6.45) is 0. The van der Waals surface area contributed by atoms with Gasteiger partial charge in [-0.3, -0.25) is 5.43 Å². The number of hydrazine groups is 1. The molecule has 0 bridgehead atoms. The number of anilines is 1. The number of aryl methyl sites for hydroxylation is 1. The van der Waals surface area contributed by atoms with E-state index in [9.17, 15) is 4.39 Å². The maximum Gasteiger partial charge on any atom is 0.241 e. The molecule has 1 heterocycles. The fourth-order valence-corrected chi connectivity index (χ4v) is 1.98. The summed E-state index contributed by atoms with van der Waals surface area (Å²) in [5, 5.41) is 0.722. The Morgan fingerprint density at radius 1 is 1.14 bits per heavy atom. The van der Waals surface area contributed by atoms with Gasteiger partial charge in [-0.2, -0.15) is 4.98 Å². The topological polar surface area (TPSA) is 73.1 Å². The van der Waals surface area contributed by atoms with Crippen molar-refractivity contribution in [1.29, 1.82) is 0 Å². The van der Waals surface area contributed by atoms with E-state index < -0.39 is 0 Å². The lowest BCUT2D eigenvalue weighted by atomic mass is 10.2. The molecule has 0 aliphatic rings. The van der Waals surface area contributed by atoms with E-state index in [-0.39, 0.29) is 11.8 Å². The van der Waals surface area contributed by atoms with E-state index in [4.69, 9.17) is 10.6 Å². The molecule has 0 aliphatic heterocycles. The number of nitrogen functional groups attached to an aromatic ring is 1. The lowest BCUT2D eigenvalue weighted by Gasteiger charge is -2.11. The van der Waals surface area contributed by atoms with E-state index in [0.29, 0.717) is 17.1 Å². The molecule has 0 saturated heterocycles. The van der Waals surface area contributed by atoms with E-state index >= 15 is 0 Å². The summed E-state index contributed by atoms with van der Waals surface area (Å²) in [4.78, 5) is 8.43. The van der Waals surface area contributed by atoms with Crippen LogP contribution in [0.2, 0.25) is 0 Å². The molecule has 1 aromatic heterocycles. The Balaban J connectivity index is 2.13. The average molecular weight is 284 g/mol. The molecule has 0 radical (unpaired) electrons. The molecule has 0 aliphatic carbocycles. The predicted molar refractivity (Wildman–Crippen MR) is 78.6 cm³/mol. The van der Waals surface area contributed by atoms with Gasteiger partial charge in [0.1, 0.15) is 11.6 Å². The van der Waals surface area contributed by atoms with Crippen molar-refractivity contribution in [3.8, 4) is 11.6 Å². The normalized spacial score (nSPS) is 10.6. The molecule has 2 aromatic carbocycles. The molecule has 3 aromatic rings. The molecule has 3 rings (SSSR count). The van der Waals surface area contributed by atoms with Crippen molar-refractivity contribution < 1.29 is 9.13 Å². The Bertz CT molecular complexity index is 807. The minimum atomic E-state index is -0.369. The first kappa shape index (κ1) is 13.3. The standard InChI is InChI=1S/C15H13FN4O/c1-9-6-7-10(16)8-13(9)21-14-11-4-2-3-5-12(11)18-15(19-14)20-17/h2-8H,17H2,1H3,(H,18,19,20). The van der Waals surface area contributed by atoms with Crippen LogP contribution in [-0.4, -0.2) is 9.97 Å². The van der Waals surface area contributed by atoms with Crippen LogP contribution in [0.25, 0.3) is 10.9 Å². The number of nitrogens with two attached hydrogens (primary N) is 1. The Kier molecular flexibility index (Phi) is 3.37. The number of rotatable bonds is 3. The number of nitrogens with one attached hydrogen (secondary N) is 1. The van der Waals surface area contributed by atoms with Crippen LogP contribution in [0.3, 0.4) is 0 Å². The van der Waals surface area contributed by atoms with Crippen molar-refractivity contribution in [2.75, 3.05) is 5.43 Å². The van der Waals surface area contributed by atoms with Gasteiger partial charge in [0.05, 0.1) is 10.9 Å². The lowest BCUT2D eigenvalue weighted by molar-refractivity contribution is 0.460. The third kappa shape index (κ3) is 2.61. The summed E-state index contributed by atoms with van der Waals surface area (Å²) in [6, 6.07) is 11.7. The SMILES string of the molecule is Cc1ccc(F)cc1Oc1nc(NN)nc2ccccc12. The number of hydrogen-bond donors (Lipinski definition) is 2. The minimum absolute atomic E-state index is 0.234. The first-order chi connectivity index (χ1) is 10.2. The van der Waals surface area contributed by atoms with Gasteiger partial charge in [0.2, 0.25) is 11.8 Å². The molecule has 0 amide bonds. The zero-order chi connectivity index (χ0) is 14.8. The van der Waals surface area contributed by atoms with Gasteiger partial charge in [0.25, 0.3) is 0 Å². The highest BCUT2D eigenvalue weighted by Gasteiger charge is 2.11. The Labute approximate surface area is 120 Å². The van der Waals surface area contributed by atoms with Gasteiger partial charge in [-0.15, -0.1) is 0 Å². The van der Waals surface area contributed by atoms with Crippen molar-refractivity contribution >= 4 is 16.9 Å². The molecule has 6 heteroatoms. The van der Waals surface area contributed by atoms with Gasteiger partial charge in [0.15, 0.2) is 0 Å². The number of ether oxygens (including phenoxy) is 1. The summed E-state index contributed by atoms with van der Waals surface area (Å²) in [5.41, 5.74) is 3.89. The van der Waals surface area contributed by atoms with Gasteiger partial charge in [-0.05, 0) is 30.7 Å². The Hall–Kier alpha value is -2.73. The zero-order valence-corrected chi connectivity index (χ0v) is 11.3. The average Bonchev–Trinajstić information content (AvgIpc) is 2.50. The van der Waals surface area contributed by atoms with E-state index in [1.165, 1.54) is 12.1 Å². The molecular weight excluding hydrogens is 271 g/mol. The number of benzene rings is 2. The maximum absolute atomic E-state index is 13.4. The van der Waals surface area contributed by atoms with Crippen LogP contribution in [0.1, 0.15) is 5.56 Å². The van der Waals surface area contributed by atoms with Crippen molar-refractivity contribution in [1.82, 2.24) is 9.97 Å². The van der Waals surface area contributed by atoms with Gasteiger partial charge in [-0.1, -0.05) is 18.2 Å². The first-order valence-corrected chi connectivity index (χ1v) is 6.35. The van der Waals surface area contributed by atoms with Crippen LogP contribution < -0.4 is 16.0 Å². The van der Waals surface area contributed by atoms with Crippen LogP contribution >= 0.6 is 0 Å². The summed E-state index contributed by atoms with van der Waals surface area (Å²) < 4.78 is 19.1. The van der Waals surface area contributed by atoms with Crippen LogP contribution in [0.4, 0.5) is 10.3 Å². The molecule has 0 unspecified atom stereocenters. The highest BCUT2D eigenvalue weighted by atomic mass is 19.1. The number of hydrogen-bond acceptors (Lipinski definition) is 5. The van der Waals surface area contributed by atoms with E-state index in [1.54, 1.807) is 6.07 Å². The lowest BCUT2D eigenvalue weighted by Crippen LogP contribution is -2.11. The van der Waals surface area contributed by atoms with Crippen LogP contribution in [-0.2, 0) is 0 Å². The van der Waals surface area contributed by atoms with E-state index in [1.807, 2.05) is 31.2 Å². The number of para-hydroxylation sites is 1. The zero-order valence-electron chi connectivity index (χ0n) is 11.3. The Morgan fingerprint density at radius 3 is 2.76 bits per heavy atom. The summed E-state index contributed by atoms with van der Waals surface area (Å²) in [7, 11) is 0. The highest BCUT2D eigenvalue weighted by molar-refractivity contribution is 5.84. The molecular formula is C15H13FN4O. The fourth-order valence-electron chi connectivity index (χ4n) is 1.98. The smallest absolute Gasteiger partial charge is 0.241 e. The monoisotopic (exact) mass is 284 g/mol. The van der Waals surface area contributed by atoms with E-state index in [0.717, 1.165) is 10.9 Å². The van der Waals surface area contributed by atoms with Crippen molar-refractivity contribution in [3.63, 3.8) is 0 Å². The van der Waals surface area contributed by atoms with Gasteiger partial charge in [-0.25, -0.2) is 15.2 Å². The predicted octanol–water partition coefficient (Wildman–Crippen LogP) is 3.16. The van der Waals surface area contributed by atoms with Crippen molar-refractivity contribution in [2.45, 2.75) is 6.92 Å². The number of aromatic nitrogens is 2. The molecule has 0 spiro atoms. The van der Waals surface area contributed by atoms with E-state index in [2.05, 4.69) is 15.4 Å². The molecule has 21 heavy (non-hydrogen) atoms. The highest BCUT2D eigenvalue weighted by Crippen LogP contribution is 2.30. The van der Waals surface area contributed by atoms with Crippen molar-refractivity contribution in [2.24, 2.45) is 5.84 Å². The maximum atomic E-state index is 13.4. The molecule has 106 valence electrons. The van der Waals surface area contributed by atoms with Gasteiger partial charge in [0, 0.05) is 6.07 Å². The van der Waals surface area contributed by atoms with Crippen LogP contribution in [0.15, 0.2) is 42.5 Å². The fraction of sp³-hybridized carbons (Fsp3) is 0.0667. The molecule has 3 N–H and O–H groups in total. The molecule has 0 saturated carbocycles. The van der Waals surface area contributed by atoms with Gasteiger partial charge >= 0.3 is 0 Å². The second kappa shape index (κ2) is 5.34. The summed E-state index contributed by atoms with van der Waals surface area (Å²) in [5.74, 6) is 5.96. The van der Waals surface area contributed by atoms with Crippen molar-refractivity contribution in [3.05, 3.63) is 53.8 Å². The first-order valence-electron chi connectivity index (χ1n) is 6.35. The Morgan fingerprint density at radius 2 is 1.95 bits per heavy atom. The molecule has 5 nitrogen and oxygen atoms in total. The number of fused-ring (bicyclic) bond motifs is 1. The largest absolute Gasteiger partial charge is 0.438 e. The van der Waals surface area contributed by atoms with Crippen LogP contribution in [0.5, 0.6) is 11.6 Å². The second-order valence-electron chi connectivity index (χ2n) is 4.53. The second-order valence-corrected chi connectivity index (χ2v) is 4.53. The molecule has 0 atom stereocenters. The summed E-state index contributed by atoms with van der Waals surface area (Å²) >= 11 is 0. The third-order valence-electron chi connectivity index (χ3n) is 3.05. The third-order valence-corrected chi connectivity index (χ3v) is 3.05. The minimum Gasteiger partial charge on any atom is -0.438 e. The van der Waals surface area contributed by atoms with Gasteiger partial charge < -0.3 is 4.74 Å². The number of halogens is 1. The quantitative estimate of drug-likeness (QED) is 0.571.